The average molecular weight is 432 g/mol. The van der Waals surface area contributed by atoms with Gasteiger partial charge in [-0.2, -0.15) is 0 Å². The maximum absolute atomic E-state index is 4.89. The Morgan fingerprint density at radius 3 is 2.16 bits per heavy atom. The van der Waals surface area contributed by atoms with Crippen molar-refractivity contribution in [3.05, 3.63) is 79.3 Å². The van der Waals surface area contributed by atoms with E-state index in [1.165, 1.54) is 51.2 Å². The van der Waals surface area contributed by atoms with Gasteiger partial charge in [-0.15, -0.1) is 22.7 Å². The van der Waals surface area contributed by atoms with Gasteiger partial charge in [0, 0.05) is 65.0 Å². The molecule has 0 unspecified atom stereocenters. The fourth-order valence-corrected chi connectivity index (χ4v) is 7.66. The SMILES string of the molecule is c1ccc2c(c1)sc1c2c2sc3ccccc3c2c2c3ncccc3c3nccn3c12. The van der Waals surface area contributed by atoms with E-state index in [-0.39, 0.29) is 0 Å². The van der Waals surface area contributed by atoms with Gasteiger partial charge in [-0.1, -0.05) is 36.4 Å². The van der Waals surface area contributed by atoms with Crippen molar-refractivity contribution in [2.45, 2.75) is 0 Å². The van der Waals surface area contributed by atoms with Gasteiger partial charge in [-0.25, -0.2) is 4.98 Å². The normalized spacial score (nSPS) is 12.5. The topological polar surface area (TPSA) is 30.2 Å². The number of nitrogens with zero attached hydrogens (tertiary/aromatic N) is 3. The van der Waals surface area contributed by atoms with Gasteiger partial charge in [0.25, 0.3) is 0 Å². The van der Waals surface area contributed by atoms with Crippen LogP contribution in [0.2, 0.25) is 0 Å². The van der Waals surface area contributed by atoms with E-state index in [1.54, 1.807) is 0 Å². The quantitative estimate of drug-likeness (QED) is 0.230. The fraction of sp³-hybridized carbons (Fsp3) is 0. The van der Waals surface area contributed by atoms with E-state index in [0.717, 1.165) is 16.6 Å². The number of pyridine rings is 2. The molecule has 5 heterocycles. The zero-order chi connectivity index (χ0) is 20.1. The van der Waals surface area contributed by atoms with E-state index in [9.17, 15) is 0 Å². The van der Waals surface area contributed by atoms with Gasteiger partial charge < -0.3 is 0 Å². The van der Waals surface area contributed by atoms with Gasteiger partial charge in [0.2, 0.25) is 0 Å². The van der Waals surface area contributed by atoms with E-state index in [2.05, 4.69) is 65.2 Å². The molecular weight excluding hydrogens is 418 g/mol. The van der Waals surface area contributed by atoms with E-state index < -0.39 is 0 Å². The molecule has 0 fully saturated rings. The third-order valence-electron chi connectivity index (χ3n) is 6.29. The predicted molar refractivity (Wildman–Crippen MR) is 134 cm³/mol. The van der Waals surface area contributed by atoms with Crippen LogP contribution in [0.5, 0.6) is 0 Å². The van der Waals surface area contributed by atoms with E-state index in [0.29, 0.717) is 0 Å². The molecule has 3 aromatic carbocycles. The summed E-state index contributed by atoms with van der Waals surface area (Å²) in [6.07, 6.45) is 5.89. The molecule has 5 heteroatoms. The molecule has 31 heavy (non-hydrogen) atoms. The largest absolute Gasteiger partial charge is 0.298 e. The van der Waals surface area contributed by atoms with Gasteiger partial charge in [0.15, 0.2) is 0 Å². The van der Waals surface area contributed by atoms with Gasteiger partial charge >= 0.3 is 0 Å². The van der Waals surface area contributed by atoms with Gasteiger partial charge in [-0.05, 0) is 24.3 Å². The minimum Gasteiger partial charge on any atom is -0.298 e. The zero-order valence-corrected chi connectivity index (χ0v) is 17.8. The highest BCUT2D eigenvalue weighted by Crippen LogP contribution is 2.50. The molecule has 8 rings (SSSR count). The third kappa shape index (κ3) is 1.89. The summed E-state index contributed by atoms with van der Waals surface area (Å²) < 4.78 is 7.57. The fourth-order valence-electron chi connectivity index (χ4n) is 5.07. The summed E-state index contributed by atoms with van der Waals surface area (Å²) in [5.74, 6) is 0. The molecule has 0 aliphatic carbocycles. The van der Waals surface area contributed by atoms with Gasteiger partial charge in [0.05, 0.1) is 15.7 Å². The van der Waals surface area contributed by atoms with E-state index in [4.69, 9.17) is 9.97 Å². The molecular formula is C26H13N3S2. The van der Waals surface area contributed by atoms with Crippen molar-refractivity contribution in [1.29, 1.82) is 0 Å². The molecule has 0 saturated heterocycles. The Morgan fingerprint density at radius 1 is 0.613 bits per heavy atom. The van der Waals surface area contributed by atoms with Crippen LogP contribution in [0.1, 0.15) is 0 Å². The smallest absolute Gasteiger partial charge is 0.146 e. The zero-order valence-electron chi connectivity index (χ0n) is 16.2. The van der Waals surface area contributed by atoms with E-state index >= 15 is 0 Å². The molecule has 0 aliphatic rings. The summed E-state index contributed by atoms with van der Waals surface area (Å²) in [5.41, 5.74) is 3.21. The Morgan fingerprint density at radius 2 is 1.32 bits per heavy atom. The predicted octanol–water partition coefficient (Wildman–Crippen LogP) is 7.77. The second kappa shape index (κ2) is 5.58. The highest BCUT2D eigenvalue weighted by atomic mass is 32.1. The number of hydrogen-bond acceptors (Lipinski definition) is 4. The second-order valence-corrected chi connectivity index (χ2v) is 9.95. The summed E-state index contributed by atoms with van der Waals surface area (Å²) in [6.45, 7) is 0. The molecule has 0 saturated carbocycles. The van der Waals surface area contributed by atoms with Crippen molar-refractivity contribution in [1.82, 2.24) is 14.4 Å². The number of imidazole rings is 1. The van der Waals surface area contributed by atoms with Crippen LogP contribution in [-0.2, 0) is 0 Å². The van der Waals surface area contributed by atoms with Crippen LogP contribution in [0.25, 0.3) is 67.8 Å². The molecule has 0 aliphatic heterocycles. The summed E-state index contributed by atoms with van der Waals surface area (Å²) >= 11 is 3.77. The molecule has 0 spiro atoms. The number of fused-ring (bicyclic) bond motifs is 15. The molecule has 0 N–H and O–H groups in total. The average Bonchev–Trinajstić information content (AvgIpc) is 3.53. The Labute approximate surface area is 183 Å². The first-order valence-corrected chi connectivity index (χ1v) is 11.8. The van der Waals surface area contributed by atoms with Crippen molar-refractivity contribution >= 4 is 90.5 Å². The molecule has 0 amide bonds. The lowest BCUT2D eigenvalue weighted by Gasteiger charge is -2.11. The van der Waals surface area contributed by atoms with Gasteiger partial charge in [0.1, 0.15) is 5.65 Å². The highest BCUT2D eigenvalue weighted by Gasteiger charge is 2.22. The first-order valence-electron chi connectivity index (χ1n) is 10.2. The second-order valence-electron chi connectivity index (χ2n) is 7.85. The van der Waals surface area contributed by atoms with Crippen molar-refractivity contribution in [3.8, 4) is 0 Å². The molecule has 8 aromatic rings. The summed E-state index contributed by atoms with van der Waals surface area (Å²) in [6, 6.07) is 21.7. The Balaban J connectivity index is 1.88. The van der Waals surface area contributed by atoms with Crippen LogP contribution in [0.3, 0.4) is 0 Å². The molecule has 0 bridgehead atoms. The molecule has 3 nitrogen and oxygen atoms in total. The number of aromatic nitrogens is 3. The lowest BCUT2D eigenvalue weighted by Crippen LogP contribution is -1.93. The standard InChI is InChI=1S/C26H13N3S2/c1-3-9-17-14(6-1)19-21-22-16(8-5-11-27-22)26-28-12-13-29(26)23(21)25-20(24(19)30-17)15-7-2-4-10-18(15)31-25/h1-13H. The monoisotopic (exact) mass is 431 g/mol. The Hall–Kier alpha value is -3.54. The molecule has 5 aromatic heterocycles. The van der Waals surface area contributed by atoms with Crippen LogP contribution in [0.4, 0.5) is 0 Å². The first-order chi connectivity index (χ1) is 15.4. The number of hydrogen-bond donors (Lipinski definition) is 0. The Bertz CT molecular complexity index is 2010. The minimum atomic E-state index is 0.966. The van der Waals surface area contributed by atoms with Crippen LogP contribution >= 0.6 is 22.7 Å². The maximum atomic E-state index is 4.89. The van der Waals surface area contributed by atoms with Crippen molar-refractivity contribution in [2.75, 3.05) is 0 Å². The van der Waals surface area contributed by atoms with Crippen LogP contribution in [-0.4, -0.2) is 14.4 Å². The first kappa shape index (κ1) is 16.2. The van der Waals surface area contributed by atoms with Crippen LogP contribution in [0.15, 0.2) is 79.3 Å². The van der Waals surface area contributed by atoms with Gasteiger partial charge in [-0.3, -0.25) is 9.38 Å². The Kier molecular flexibility index (Phi) is 2.91. The lowest BCUT2D eigenvalue weighted by atomic mass is 10.0. The number of benzene rings is 3. The molecule has 144 valence electrons. The maximum Gasteiger partial charge on any atom is 0.146 e. The van der Waals surface area contributed by atoms with Crippen molar-refractivity contribution in [3.63, 3.8) is 0 Å². The van der Waals surface area contributed by atoms with Crippen molar-refractivity contribution < 1.29 is 0 Å². The van der Waals surface area contributed by atoms with Crippen LogP contribution in [0, 0.1) is 0 Å². The molecule has 0 atom stereocenters. The summed E-state index contributed by atoms with van der Waals surface area (Å²) in [4.78, 5) is 9.61. The summed E-state index contributed by atoms with van der Waals surface area (Å²) in [7, 11) is 0. The third-order valence-corrected chi connectivity index (χ3v) is 8.65. The van der Waals surface area contributed by atoms with Crippen LogP contribution < -0.4 is 0 Å². The summed E-state index contributed by atoms with van der Waals surface area (Å²) in [5, 5.41) is 7.62. The number of rotatable bonds is 0. The lowest BCUT2D eigenvalue weighted by molar-refractivity contribution is 1.28. The molecule has 0 radical (unpaired) electrons. The van der Waals surface area contributed by atoms with E-state index in [1.807, 2.05) is 41.1 Å². The van der Waals surface area contributed by atoms with Crippen molar-refractivity contribution in [2.24, 2.45) is 0 Å². The highest BCUT2D eigenvalue weighted by molar-refractivity contribution is 7.30. The number of thiophene rings is 2. The minimum absolute atomic E-state index is 0.966.